The molecule has 1 fully saturated rings. The molecule has 3 rings (SSSR count). The number of carboxylic acid groups (broad SMARTS) is 1. The molecule has 8 heteroatoms. The first kappa shape index (κ1) is 16.0. The van der Waals surface area contributed by atoms with Crippen LogP contribution in [0.25, 0.3) is 11.3 Å². The number of hydrogen-bond donors (Lipinski definition) is 3. The monoisotopic (exact) mass is 330 g/mol. The number of piperazine rings is 1. The molecule has 1 aromatic heterocycles. The highest BCUT2D eigenvalue weighted by atomic mass is 16.5. The molecule has 0 unspecified atom stereocenters. The standard InChI is InChI=1S/C16H18N4O4/c1-24-11-4-2-3-10(7-11)14-12(8-18-19-14)15(21)20-6-5-17-13(9-20)16(22)23/h2-4,7-8,13,17H,5-6,9H2,1H3,(H,18,19)(H,22,23)/t13-/m0/s1. The van der Waals surface area contributed by atoms with Crippen LogP contribution in [0.1, 0.15) is 10.4 Å². The summed E-state index contributed by atoms with van der Waals surface area (Å²) in [7, 11) is 1.57. The number of carbonyl (C=O) groups is 2. The summed E-state index contributed by atoms with van der Waals surface area (Å²) >= 11 is 0. The van der Waals surface area contributed by atoms with Crippen molar-refractivity contribution in [3.63, 3.8) is 0 Å². The van der Waals surface area contributed by atoms with Gasteiger partial charge < -0.3 is 20.1 Å². The Bertz CT molecular complexity index is 758. The number of carbonyl (C=O) groups excluding carboxylic acids is 1. The first-order valence-electron chi connectivity index (χ1n) is 7.53. The minimum atomic E-state index is -0.965. The van der Waals surface area contributed by atoms with Crippen molar-refractivity contribution >= 4 is 11.9 Å². The van der Waals surface area contributed by atoms with Crippen LogP contribution in [0.5, 0.6) is 5.75 Å². The van der Waals surface area contributed by atoms with E-state index in [-0.39, 0.29) is 12.5 Å². The smallest absolute Gasteiger partial charge is 0.322 e. The summed E-state index contributed by atoms with van der Waals surface area (Å²) in [5, 5.41) is 18.8. The zero-order chi connectivity index (χ0) is 17.1. The van der Waals surface area contributed by atoms with Crippen LogP contribution in [0.4, 0.5) is 0 Å². The second-order valence-corrected chi connectivity index (χ2v) is 5.49. The number of nitrogens with zero attached hydrogens (tertiary/aromatic N) is 2. The maximum absolute atomic E-state index is 12.8. The summed E-state index contributed by atoms with van der Waals surface area (Å²) in [5.41, 5.74) is 1.78. The Morgan fingerprint density at radius 2 is 2.25 bits per heavy atom. The fraction of sp³-hybridized carbons (Fsp3) is 0.312. The lowest BCUT2D eigenvalue weighted by atomic mass is 10.1. The molecule has 8 nitrogen and oxygen atoms in total. The van der Waals surface area contributed by atoms with Gasteiger partial charge in [-0.1, -0.05) is 12.1 Å². The molecule has 1 amide bonds. The van der Waals surface area contributed by atoms with Crippen LogP contribution in [0.3, 0.4) is 0 Å². The number of carboxylic acids is 1. The Kier molecular flexibility index (Phi) is 4.48. The lowest BCUT2D eigenvalue weighted by Crippen LogP contribution is -2.55. The van der Waals surface area contributed by atoms with E-state index < -0.39 is 12.0 Å². The van der Waals surface area contributed by atoms with Crippen LogP contribution < -0.4 is 10.1 Å². The van der Waals surface area contributed by atoms with Crippen molar-refractivity contribution in [1.82, 2.24) is 20.4 Å². The number of rotatable bonds is 4. The second-order valence-electron chi connectivity index (χ2n) is 5.49. The van der Waals surface area contributed by atoms with Crippen LogP contribution >= 0.6 is 0 Å². The number of hydrogen-bond acceptors (Lipinski definition) is 5. The molecule has 3 N–H and O–H groups in total. The van der Waals surface area contributed by atoms with Crippen molar-refractivity contribution in [3.05, 3.63) is 36.0 Å². The van der Waals surface area contributed by atoms with E-state index in [1.165, 1.54) is 11.1 Å². The number of benzene rings is 1. The number of H-pyrrole nitrogens is 1. The van der Waals surface area contributed by atoms with E-state index in [0.29, 0.717) is 30.1 Å². The average Bonchev–Trinajstić information content (AvgIpc) is 3.11. The molecular weight excluding hydrogens is 312 g/mol. The maximum Gasteiger partial charge on any atom is 0.322 e. The van der Waals surface area contributed by atoms with Gasteiger partial charge >= 0.3 is 5.97 Å². The normalized spacial score (nSPS) is 17.5. The highest BCUT2D eigenvalue weighted by Gasteiger charge is 2.30. The van der Waals surface area contributed by atoms with Gasteiger partial charge in [0.2, 0.25) is 0 Å². The van der Waals surface area contributed by atoms with Crippen LogP contribution in [0.15, 0.2) is 30.5 Å². The van der Waals surface area contributed by atoms with E-state index >= 15 is 0 Å². The largest absolute Gasteiger partial charge is 0.497 e. The quantitative estimate of drug-likeness (QED) is 0.757. The Labute approximate surface area is 138 Å². The van der Waals surface area contributed by atoms with E-state index in [0.717, 1.165) is 5.56 Å². The van der Waals surface area contributed by atoms with Crippen molar-refractivity contribution in [1.29, 1.82) is 0 Å². The third-order valence-electron chi connectivity index (χ3n) is 3.99. The Hall–Kier alpha value is -2.87. The first-order valence-corrected chi connectivity index (χ1v) is 7.53. The molecule has 1 aliphatic heterocycles. The molecule has 0 aliphatic carbocycles. The predicted octanol–water partition coefficient (Wildman–Crippen LogP) is 0.584. The molecule has 1 atom stereocenters. The number of methoxy groups -OCH3 is 1. The van der Waals surface area contributed by atoms with Gasteiger partial charge in [0.25, 0.3) is 5.91 Å². The van der Waals surface area contributed by atoms with Crippen molar-refractivity contribution in [3.8, 4) is 17.0 Å². The van der Waals surface area contributed by atoms with Gasteiger partial charge in [-0.15, -0.1) is 0 Å². The predicted molar refractivity (Wildman–Crippen MR) is 85.9 cm³/mol. The lowest BCUT2D eigenvalue weighted by molar-refractivity contribution is -0.140. The maximum atomic E-state index is 12.8. The number of aromatic amines is 1. The molecule has 2 aromatic rings. The summed E-state index contributed by atoms with van der Waals surface area (Å²) in [5.74, 6) is -0.532. The van der Waals surface area contributed by atoms with Crippen LogP contribution in [0.2, 0.25) is 0 Å². The molecule has 2 heterocycles. The minimum absolute atomic E-state index is 0.122. The van der Waals surface area contributed by atoms with Crippen LogP contribution in [0, 0.1) is 0 Å². The number of aromatic nitrogens is 2. The molecule has 0 spiro atoms. The number of ether oxygens (including phenoxy) is 1. The average molecular weight is 330 g/mol. The topological polar surface area (TPSA) is 108 Å². The van der Waals surface area contributed by atoms with E-state index in [1.807, 2.05) is 24.3 Å². The highest BCUT2D eigenvalue weighted by molar-refractivity contribution is 6.00. The van der Waals surface area contributed by atoms with Gasteiger partial charge in [-0.25, -0.2) is 0 Å². The van der Waals surface area contributed by atoms with Gasteiger partial charge in [-0.2, -0.15) is 5.10 Å². The molecule has 24 heavy (non-hydrogen) atoms. The second kappa shape index (κ2) is 6.71. The number of aliphatic carboxylic acids is 1. The fourth-order valence-corrected chi connectivity index (χ4v) is 2.72. The fourth-order valence-electron chi connectivity index (χ4n) is 2.72. The Balaban J connectivity index is 1.86. The third kappa shape index (κ3) is 3.09. The molecule has 1 aromatic carbocycles. The zero-order valence-corrected chi connectivity index (χ0v) is 13.2. The molecule has 1 aliphatic rings. The van der Waals surface area contributed by atoms with E-state index in [1.54, 1.807) is 7.11 Å². The minimum Gasteiger partial charge on any atom is -0.497 e. The van der Waals surface area contributed by atoms with Gasteiger partial charge in [-0.3, -0.25) is 14.7 Å². The molecule has 0 saturated carbocycles. The van der Waals surface area contributed by atoms with Crippen LogP contribution in [-0.4, -0.2) is 64.9 Å². The van der Waals surface area contributed by atoms with Crippen molar-refractivity contribution in [2.45, 2.75) is 6.04 Å². The number of amides is 1. The molecule has 0 radical (unpaired) electrons. The lowest BCUT2D eigenvalue weighted by Gasteiger charge is -2.31. The number of nitrogens with one attached hydrogen (secondary N) is 2. The molecular formula is C16H18N4O4. The first-order chi connectivity index (χ1) is 11.6. The molecule has 1 saturated heterocycles. The van der Waals surface area contributed by atoms with Crippen molar-refractivity contribution in [2.75, 3.05) is 26.7 Å². The van der Waals surface area contributed by atoms with Crippen molar-refractivity contribution < 1.29 is 19.4 Å². The van der Waals surface area contributed by atoms with Gasteiger partial charge in [0, 0.05) is 25.2 Å². The SMILES string of the molecule is COc1cccc(-c2[nH]ncc2C(=O)N2CCN[C@H](C(=O)O)C2)c1. The van der Waals surface area contributed by atoms with Gasteiger partial charge in [-0.05, 0) is 12.1 Å². The highest BCUT2D eigenvalue weighted by Crippen LogP contribution is 2.26. The van der Waals surface area contributed by atoms with Gasteiger partial charge in [0.15, 0.2) is 0 Å². The Morgan fingerprint density at radius 1 is 1.42 bits per heavy atom. The summed E-state index contributed by atoms with van der Waals surface area (Å²) in [6.45, 7) is 1.01. The van der Waals surface area contributed by atoms with E-state index in [2.05, 4.69) is 15.5 Å². The van der Waals surface area contributed by atoms with Gasteiger partial charge in [0.05, 0.1) is 24.6 Å². The Morgan fingerprint density at radius 3 is 3.00 bits per heavy atom. The summed E-state index contributed by atoms with van der Waals surface area (Å²) in [6, 6.07) is 6.55. The summed E-state index contributed by atoms with van der Waals surface area (Å²) in [4.78, 5) is 25.5. The summed E-state index contributed by atoms with van der Waals surface area (Å²) < 4.78 is 5.21. The molecule has 126 valence electrons. The van der Waals surface area contributed by atoms with E-state index in [4.69, 9.17) is 9.84 Å². The van der Waals surface area contributed by atoms with Crippen LogP contribution in [-0.2, 0) is 4.79 Å². The van der Waals surface area contributed by atoms with Gasteiger partial charge in [0.1, 0.15) is 11.8 Å². The summed E-state index contributed by atoms with van der Waals surface area (Å²) in [6.07, 6.45) is 1.47. The zero-order valence-electron chi connectivity index (χ0n) is 13.2. The molecule has 0 bridgehead atoms. The van der Waals surface area contributed by atoms with Crippen molar-refractivity contribution in [2.24, 2.45) is 0 Å². The third-order valence-corrected chi connectivity index (χ3v) is 3.99. The van der Waals surface area contributed by atoms with E-state index in [9.17, 15) is 9.59 Å².